The fourth-order valence-electron chi connectivity index (χ4n) is 8.60. The van der Waals surface area contributed by atoms with E-state index in [2.05, 4.69) is 12.2 Å². The maximum absolute atomic E-state index is 13.0. The first-order chi connectivity index (χ1) is 19.9. The van der Waals surface area contributed by atoms with E-state index in [9.17, 15) is 4.79 Å². The number of nitrogens with zero attached hydrogens (tertiary/aromatic N) is 2. The van der Waals surface area contributed by atoms with Crippen LogP contribution in [-0.2, 0) is 29.5 Å². The molecule has 4 bridgehead atoms. The third-order valence-corrected chi connectivity index (χ3v) is 12.3. The Morgan fingerprint density at radius 3 is 2.51 bits per heavy atom. The van der Waals surface area contributed by atoms with Gasteiger partial charge in [-0.1, -0.05) is 24.8 Å². The highest BCUT2D eigenvalue weighted by molar-refractivity contribution is 8.00. The summed E-state index contributed by atoms with van der Waals surface area (Å²) in [6.07, 6.45) is 12.2. The number of carbonyl (C=O) groups excluding carboxylic acids is 1. The SMILES string of the molecule is COc1ccc(CCNC(=O)CSc2nc(C34CC5CC(CC(C5)C3)C4)nc3sc4c(c23)CC[C@@H](C)C4)cc1OC. The first kappa shape index (κ1) is 27.5. The Labute approximate surface area is 251 Å². The van der Waals surface area contributed by atoms with Crippen LogP contribution in [0.15, 0.2) is 23.2 Å². The van der Waals surface area contributed by atoms with Gasteiger partial charge in [-0.25, -0.2) is 9.97 Å². The van der Waals surface area contributed by atoms with Crippen molar-refractivity contribution in [2.75, 3.05) is 26.5 Å². The summed E-state index contributed by atoms with van der Waals surface area (Å²) in [7, 11) is 3.28. The van der Waals surface area contributed by atoms with Crippen LogP contribution in [0.5, 0.6) is 11.5 Å². The minimum Gasteiger partial charge on any atom is -0.493 e. The summed E-state index contributed by atoms with van der Waals surface area (Å²) < 4.78 is 10.8. The Bertz CT molecular complexity index is 1430. The average Bonchev–Trinajstić information content (AvgIpc) is 3.32. The lowest BCUT2D eigenvalue weighted by molar-refractivity contribution is -0.118. The van der Waals surface area contributed by atoms with Crippen molar-refractivity contribution in [2.24, 2.45) is 23.7 Å². The minimum absolute atomic E-state index is 0.0521. The van der Waals surface area contributed by atoms with Crippen LogP contribution >= 0.6 is 23.1 Å². The van der Waals surface area contributed by atoms with Crippen molar-refractivity contribution >= 4 is 39.2 Å². The van der Waals surface area contributed by atoms with E-state index in [-0.39, 0.29) is 11.3 Å². The predicted molar refractivity (Wildman–Crippen MR) is 165 cm³/mol. The number of thiophene rings is 1. The summed E-state index contributed by atoms with van der Waals surface area (Å²) in [6, 6.07) is 5.91. The van der Waals surface area contributed by atoms with E-state index in [1.165, 1.54) is 65.6 Å². The summed E-state index contributed by atoms with van der Waals surface area (Å²) in [6.45, 7) is 2.94. The van der Waals surface area contributed by atoms with E-state index < -0.39 is 0 Å². The van der Waals surface area contributed by atoms with E-state index in [1.54, 1.807) is 26.0 Å². The van der Waals surface area contributed by atoms with Crippen molar-refractivity contribution in [3.05, 3.63) is 40.0 Å². The number of rotatable bonds is 9. The van der Waals surface area contributed by atoms with Gasteiger partial charge in [-0.05, 0) is 111 Å². The molecule has 1 aromatic carbocycles. The molecule has 41 heavy (non-hydrogen) atoms. The minimum atomic E-state index is 0.0521. The molecule has 4 saturated carbocycles. The molecule has 4 fully saturated rings. The molecule has 0 unspecified atom stereocenters. The van der Waals surface area contributed by atoms with Crippen LogP contribution in [0, 0.1) is 23.7 Å². The molecule has 8 heteroatoms. The average molecular weight is 592 g/mol. The number of fused-ring (bicyclic) bond motifs is 3. The second-order valence-corrected chi connectivity index (χ2v) is 15.2. The van der Waals surface area contributed by atoms with E-state index in [4.69, 9.17) is 19.4 Å². The summed E-state index contributed by atoms with van der Waals surface area (Å²) in [5, 5.41) is 5.42. The quantitative estimate of drug-likeness (QED) is 0.219. The van der Waals surface area contributed by atoms with Crippen molar-refractivity contribution in [1.29, 1.82) is 0 Å². The molecule has 5 aliphatic carbocycles. The number of amides is 1. The zero-order valence-corrected chi connectivity index (χ0v) is 26.1. The van der Waals surface area contributed by atoms with Crippen molar-refractivity contribution in [3.8, 4) is 11.5 Å². The second-order valence-electron chi connectivity index (χ2n) is 13.2. The molecule has 0 spiro atoms. The van der Waals surface area contributed by atoms with Gasteiger partial charge in [0.1, 0.15) is 15.7 Å². The van der Waals surface area contributed by atoms with Crippen molar-refractivity contribution in [1.82, 2.24) is 15.3 Å². The molecule has 0 radical (unpaired) electrons. The van der Waals surface area contributed by atoms with Crippen LogP contribution in [0.2, 0.25) is 0 Å². The Hall–Kier alpha value is -2.32. The lowest BCUT2D eigenvalue weighted by atomic mass is 9.49. The maximum Gasteiger partial charge on any atom is 0.230 e. The standard InChI is InChI=1S/C33H41N3O3S2/c1-19-4-6-24-27(10-19)41-31-29(24)30(35-32(36-31)33-15-21-11-22(16-33)13-23(12-21)17-33)40-18-28(37)34-9-8-20-5-7-25(38-2)26(14-20)39-3/h5,7,14,19,21-23H,4,6,8-13,15-18H2,1-3H3,(H,34,37)/t19-,21?,22?,23?,33?/m1/s1. The zero-order chi connectivity index (χ0) is 28.1. The highest BCUT2D eigenvalue weighted by Gasteiger charge is 2.53. The topological polar surface area (TPSA) is 73.3 Å². The Balaban J connectivity index is 1.10. The molecule has 218 valence electrons. The van der Waals surface area contributed by atoms with E-state index in [0.717, 1.165) is 59.3 Å². The number of aryl methyl sites for hydroxylation is 1. The lowest BCUT2D eigenvalue weighted by Crippen LogP contribution is -2.49. The molecular formula is C33H41N3O3S2. The van der Waals surface area contributed by atoms with Crippen LogP contribution in [-0.4, -0.2) is 42.4 Å². The summed E-state index contributed by atoms with van der Waals surface area (Å²) in [5.74, 6) is 6.22. The number of benzene rings is 1. The zero-order valence-electron chi connectivity index (χ0n) is 24.5. The molecule has 6 nitrogen and oxygen atoms in total. The fourth-order valence-corrected chi connectivity index (χ4v) is 10.9. The Morgan fingerprint density at radius 1 is 1.07 bits per heavy atom. The van der Waals surface area contributed by atoms with Crippen molar-refractivity contribution < 1.29 is 14.3 Å². The van der Waals surface area contributed by atoms with Crippen molar-refractivity contribution in [2.45, 2.75) is 81.6 Å². The third-order valence-electron chi connectivity index (χ3n) is 10.2. The number of aromatic nitrogens is 2. The van der Waals surface area contributed by atoms with Gasteiger partial charge < -0.3 is 14.8 Å². The molecule has 1 amide bonds. The molecule has 0 saturated heterocycles. The van der Waals surface area contributed by atoms with Crippen LogP contribution in [0.3, 0.4) is 0 Å². The van der Waals surface area contributed by atoms with Gasteiger partial charge in [-0.2, -0.15) is 0 Å². The molecule has 1 N–H and O–H groups in total. The number of hydrogen-bond acceptors (Lipinski definition) is 7. The highest BCUT2D eigenvalue weighted by atomic mass is 32.2. The number of hydrogen-bond donors (Lipinski definition) is 1. The first-order valence-corrected chi connectivity index (χ1v) is 17.2. The van der Waals surface area contributed by atoms with Crippen LogP contribution in [0.4, 0.5) is 0 Å². The molecule has 0 aliphatic heterocycles. The third kappa shape index (κ3) is 5.24. The van der Waals surface area contributed by atoms with Gasteiger partial charge >= 0.3 is 0 Å². The summed E-state index contributed by atoms with van der Waals surface area (Å²) in [4.78, 5) is 26.4. The van der Waals surface area contributed by atoms with Gasteiger partial charge in [0, 0.05) is 22.2 Å². The van der Waals surface area contributed by atoms with E-state index in [0.29, 0.717) is 23.8 Å². The molecule has 5 aliphatic rings. The van der Waals surface area contributed by atoms with Gasteiger partial charge in [0.2, 0.25) is 5.91 Å². The van der Waals surface area contributed by atoms with Crippen LogP contribution in [0.25, 0.3) is 10.2 Å². The van der Waals surface area contributed by atoms with E-state index >= 15 is 0 Å². The maximum atomic E-state index is 13.0. The van der Waals surface area contributed by atoms with Gasteiger partial charge in [0.25, 0.3) is 0 Å². The smallest absolute Gasteiger partial charge is 0.230 e. The number of thioether (sulfide) groups is 1. The fraction of sp³-hybridized carbons (Fsp3) is 0.606. The first-order valence-electron chi connectivity index (χ1n) is 15.4. The molecular weight excluding hydrogens is 551 g/mol. The van der Waals surface area contributed by atoms with Crippen LogP contribution in [0.1, 0.15) is 73.7 Å². The Kier molecular flexibility index (Phi) is 7.43. The number of methoxy groups -OCH3 is 2. The number of ether oxygens (including phenoxy) is 2. The van der Waals surface area contributed by atoms with Crippen LogP contribution < -0.4 is 14.8 Å². The molecule has 1 atom stereocenters. The molecule has 8 rings (SSSR count). The van der Waals surface area contributed by atoms with Gasteiger partial charge in [-0.15, -0.1) is 11.3 Å². The summed E-state index contributed by atoms with van der Waals surface area (Å²) >= 11 is 3.52. The second kappa shape index (κ2) is 11.1. The van der Waals surface area contributed by atoms with Gasteiger partial charge in [0.15, 0.2) is 11.5 Å². The summed E-state index contributed by atoms with van der Waals surface area (Å²) in [5.41, 5.74) is 2.71. The largest absolute Gasteiger partial charge is 0.493 e. The Morgan fingerprint density at radius 2 is 1.80 bits per heavy atom. The lowest BCUT2D eigenvalue weighted by Gasteiger charge is -2.56. The molecule has 2 heterocycles. The van der Waals surface area contributed by atoms with E-state index in [1.807, 2.05) is 29.5 Å². The monoisotopic (exact) mass is 591 g/mol. The van der Waals surface area contributed by atoms with Gasteiger partial charge in [0.05, 0.1) is 20.0 Å². The molecule has 3 aromatic rings. The van der Waals surface area contributed by atoms with Gasteiger partial charge in [-0.3, -0.25) is 4.79 Å². The molecule has 2 aromatic heterocycles. The number of carbonyl (C=O) groups is 1. The number of nitrogens with one attached hydrogen (secondary N) is 1. The normalized spacial score (nSPS) is 28.1. The predicted octanol–water partition coefficient (Wildman–Crippen LogP) is 6.75. The van der Waals surface area contributed by atoms with Crippen molar-refractivity contribution in [3.63, 3.8) is 0 Å². The highest BCUT2D eigenvalue weighted by Crippen LogP contribution is 2.60.